The van der Waals surface area contributed by atoms with E-state index in [1.807, 2.05) is 6.92 Å². The highest BCUT2D eigenvalue weighted by Crippen LogP contribution is 2.07. The number of carbonyl (C=O) groups excluding carboxylic acids is 1. The van der Waals surface area contributed by atoms with Gasteiger partial charge in [-0.2, -0.15) is 0 Å². The zero-order valence-electron chi connectivity index (χ0n) is 9.90. The maximum atomic E-state index is 11.7. The van der Waals surface area contributed by atoms with Gasteiger partial charge in [0, 0.05) is 6.04 Å². The van der Waals surface area contributed by atoms with E-state index in [-0.39, 0.29) is 11.9 Å². The molecule has 0 spiro atoms. The maximum absolute atomic E-state index is 11.7. The van der Waals surface area contributed by atoms with Crippen molar-refractivity contribution < 1.29 is 4.79 Å². The number of nitrogens with one attached hydrogen (secondary N) is 1. The molecule has 5 heteroatoms. The Kier molecular flexibility index (Phi) is 4.22. The lowest BCUT2D eigenvalue weighted by atomic mass is 10.0. The Bertz CT molecular complexity index is 350. The fourth-order valence-corrected chi connectivity index (χ4v) is 1.24. The van der Waals surface area contributed by atoms with Crippen LogP contribution in [0.15, 0.2) is 12.1 Å². The molecule has 0 aliphatic carbocycles. The minimum absolute atomic E-state index is 0.122. The van der Waals surface area contributed by atoms with E-state index in [1.165, 1.54) is 0 Å². The van der Waals surface area contributed by atoms with E-state index in [1.54, 1.807) is 12.1 Å². The molecule has 2 atom stereocenters. The highest BCUT2D eigenvalue weighted by molar-refractivity contribution is 5.92. The molecule has 0 radical (unpaired) electrons. The van der Waals surface area contributed by atoms with E-state index in [2.05, 4.69) is 29.4 Å². The van der Waals surface area contributed by atoms with E-state index in [0.29, 0.717) is 17.4 Å². The highest BCUT2D eigenvalue weighted by atomic mass is 16.2. The van der Waals surface area contributed by atoms with Crippen molar-refractivity contribution in [3.8, 4) is 0 Å². The van der Waals surface area contributed by atoms with Crippen molar-refractivity contribution in [3.63, 3.8) is 0 Å². The molecule has 0 aliphatic rings. The summed E-state index contributed by atoms with van der Waals surface area (Å²) in [5.41, 5.74) is 5.69. The average Bonchev–Trinajstić information content (AvgIpc) is 2.28. The molecule has 3 N–H and O–H groups in total. The van der Waals surface area contributed by atoms with Gasteiger partial charge < -0.3 is 11.1 Å². The monoisotopic (exact) mass is 222 g/mol. The van der Waals surface area contributed by atoms with Crippen molar-refractivity contribution >= 4 is 11.7 Å². The molecule has 5 nitrogen and oxygen atoms in total. The van der Waals surface area contributed by atoms with Crippen LogP contribution in [0, 0.1) is 5.92 Å². The minimum Gasteiger partial charge on any atom is -0.382 e. The van der Waals surface area contributed by atoms with Crippen LogP contribution < -0.4 is 11.1 Å². The van der Waals surface area contributed by atoms with Crippen LogP contribution in [-0.2, 0) is 0 Å². The predicted octanol–water partition coefficient (Wildman–Crippen LogP) is 1.22. The van der Waals surface area contributed by atoms with E-state index in [0.717, 1.165) is 6.42 Å². The summed E-state index contributed by atoms with van der Waals surface area (Å²) < 4.78 is 0. The molecule has 16 heavy (non-hydrogen) atoms. The Labute approximate surface area is 95.4 Å². The van der Waals surface area contributed by atoms with Crippen LogP contribution in [0.5, 0.6) is 0 Å². The zero-order chi connectivity index (χ0) is 12.1. The molecule has 0 fully saturated rings. The smallest absolute Gasteiger partial charge is 0.272 e. The fourth-order valence-electron chi connectivity index (χ4n) is 1.24. The first-order valence-corrected chi connectivity index (χ1v) is 5.44. The van der Waals surface area contributed by atoms with Crippen molar-refractivity contribution in [2.24, 2.45) is 5.92 Å². The van der Waals surface area contributed by atoms with Crippen LogP contribution in [0.1, 0.15) is 37.7 Å². The topological polar surface area (TPSA) is 80.9 Å². The predicted molar refractivity (Wildman–Crippen MR) is 62.8 cm³/mol. The first-order chi connectivity index (χ1) is 7.54. The van der Waals surface area contributed by atoms with Crippen molar-refractivity contribution in [2.45, 2.75) is 33.2 Å². The van der Waals surface area contributed by atoms with Gasteiger partial charge in [-0.05, 0) is 25.0 Å². The lowest BCUT2D eigenvalue weighted by Crippen LogP contribution is -2.37. The first kappa shape index (κ1) is 12.4. The lowest BCUT2D eigenvalue weighted by Gasteiger charge is -2.19. The van der Waals surface area contributed by atoms with E-state index in [4.69, 9.17) is 5.73 Å². The van der Waals surface area contributed by atoms with Crippen LogP contribution >= 0.6 is 0 Å². The molecule has 1 aromatic rings. The van der Waals surface area contributed by atoms with Gasteiger partial charge in [-0.1, -0.05) is 20.3 Å². The first-order valence-electron chi connectivity index (χ1n) is 5.44. The van der Waals surface area contributed by atoms with Crippen molar-refractivity contribution in [1.29, 1.82) is 0 Å². The molecule has 88 valence electrons. The Balaban J connectivity index is 2.62. The number of rotatable bonds is 4. The summed E-state index contributed by atoms with van der Waals surface area (Å²) in [6.07, 6.45) is 1.02. The van der Waals surface area contributed by atoms with Crippen LogP contribution in [0.3, 0.4) is 0 Å². The summed E-state index contributed by atoms with van der Waals surface area (Å²) in [6, 6.07) is 3.26. The maximum Gasteiger partial charge on any atom is 0.272 e. The molecule has 1 rings (SSSR count). The van der Waals surface area contributed by atoms with Gasteiger partial charge in [-0.15, -0.1) is 10.2 Å². The second kappa shape index (κ2) is 5.44. The Hall–Kier alpha value is -1.65. The number of nitrogens with two attached hydrogens (primary N) is 1. The van der Waals surface area contributed by atoms with Gasteiger partial charge in [0.15, 0.2) is 5.69 Å². The van der Waals surface area contributed by atoms with Gasteiger partial charge in [-0.25, -0.2) is 0 Å². The van der Waals surface area contributed by atoms with E-state index < -0.39 is 0 Å². The average molecular weight is 222 g/mol. The summed E-state index contributed by atoms with van der Waals surface area (Å²) in [4.78, 5) is 11.7. The van der Waals surface area contributed by atoms with Gasteiger partial charge in [0.1, 0.15) is 5.82 Å². The molecule has 1 amide bonds. The number of carbonyl (C=O) groups is 1. The van der Waals surface area contributed by atoms with Crippen LogP contribution in [0.2, 0.25) is 0 Å². The third-order valence-corrected chi connectivity index (χ3v) is 2.77. The zero-order valence-corrected chi connectivity index (χ0v) is 9.90. The second-order valence-corrected chi connectivity index (χ2v) is 3.99. The van der Waals surface area contributed by atoms with Crippen molar-refractivity contribution in [3.05, 3.63) is 17.8 Å². The molecule has 0 bridgehead atoms. The fraction of sp³-hybridized carbons (Fsp3) is 0.545. The quantitative estimate of drug-likeness (QED) is 0.802. The number of anilines is 1. The Morgan fingerprint density at radius 1 is 1.44 bits per heavy atom. The number of hydrogen-bond acceptors (Lipinski definition) is 4. The summed E-state index contributed by atoms with van der Waals surface area (Å²) in [7, 11) is 0. The third-order valence-electron chi connectivity index (χ3n) is 2.77. The summed E-state index contributed by atoms with van der Waals surface area (Å²) in [5.74, 6) is 0.539. The SMILES string of the molecule is CCC(C)C(C)NC(=O)c1ccc(N)nn1. The Morgan fingerprint density at radius 3 is 2.62 bits per heavy atom. The minimum atomic E-state index is -0.208. The van der Waals surface area contributed by atoms with Crippen molar-refractivity contribution in [1.82, 2.24) is 15.5 Å². The lowest BCUT2D eigenvalue weighted by molar-refractivity contribution is 0.0922. The van der Waals surface area contributed by atoms with Crippen LogP contribution in [0.4, 0.5) is 5.82 Å². The molecule has 2 unspecified atom stereocenters. The van der Waals surface area contributed by atoms with Crippen molar-refractivity contribution in [2.75, 3.05) is 5.73 Å². The number of aromatic nitrogens is 2. The standard InChI is InChI=1S/C11H18N4O/c1-4-7(2)8(3)13-11(16)9-5-6-10(12)15-14-9/h5-8H,4H2,1-3H3,(H2,12,15)(H,13,16). The normalized spacial score (nSPS) is 14.2. The number of amides is 1. The second-order valence-electron chi connectivity index (χ2n) is 3.99. The van der Waals surface area contributed by atoms with Gasteiger partial charge in [0.25, 0.3) is 5.91 Å². The van der Waals surface area contributed by atoms with Crippen LogP contribution in [-0.4, -0.2) is 22.1 Å². The summed E-state index contributed by atoms with van der Waals surface area (Å²) in [6.45, 7) is 6.17. The highest BCUT2D eigenvalue weighted by Gasteiger charge is 2.15. The molecule has 1 aromatic heterocycles. The largest absolute Gasteiger partial charge is 0.382 e. The number of hydrogen-bond donors (Lipinski definition) is 2. The molecule has 0 aromatic carbocycles. The number of nitrogen functional groups attached to an aromatic ring is 1. The van der Waals surface area contributed by atoms with Crippen LogP contribution in [0.25, 0.3) is 0 Å². The third kappa shape index (κ3) is 3.18. The van der Waals surface area contributed by atoms with Gasteiger partial charge >= 0.3 is 0 Å². The molecular formula is C11H18N4O. The molecule has 0 saturated heterocycles. The summed E-state index contributed by atoms with van der Waals surface area (Å²) in [5, 5.41) is 10.3. The molecular weight excluding hydrogens is 204 g/mol. The Morgan fingerprint density at radius 2 is 2.12 bits per heavy atom. The molecule has 0 aliphatic heterocycles. The number of nitrogens with zero attached hydrogens (tertiary/aromatic N) is 2. The van der Waals surface area contributed by atoms with Gasteiger partial charge in [0.05, 0.1) is 0 Å². The van der Waals surface area contributed by atoms with Gasteiger partial charge in [-0.3, -0.25) is 4.79 Å². The molecule has 1 heterocycles. The summed E-state index contributed by atoms with van der Waals surface area (Å²) >= 11 is 0. The van der Waals surface area contributed by atoms with E-state index >= 15 is 0 Å². The van der Waals surface area contributed by atoms with E-state index in [9.17, 15) is 4.79 Å². The molecule has 0 saturated carbocycles. The van der Waals surface area contributed by atoms with Gasteiger partial charge in [0.2, 0.25) is 0 Å².